The van der Waals surface area contributed by atoms with Crippen LogP contribution in [0.15, 0.2) is 18.2 Å². The number of aliphatic hydroxyl groups is 1. The Kier molecular flexibility index (Phi) is 2.71. The lowest BCUT2D eigenvalue weighted by Gasteiger charge is -2.11. The molecule has 1 aromatic carbocycles. The van der Waals surface area contributed by atoms with Crippen LogP contribution in [-0.2, 0) is 0 Å². The minimum absolute atomic E-state index is 0.0102. The first-order valence-electron chi connectivity index (χ1n) is 4.89. The molecule has 4 heteroatoms. The van der Waals surface area contributed by atoms with Gasteiger partial charge in [-0.2, -0.15) is 0 Å². The highest BCUT2D eigenvalue weighted by Crippen LogP contribution is 2.58. The van der Waals surface area contributed by atoms with Gasteiger partial charge in [-0.05, 0) is 30.0 Å². The van der Waals surface area contributed by atoms with Gasteiger partial charge in [-0.25, -0.2) is 4.39 Å². The minimum atomic E-state index is -0.311. The van der Waals surface area contributed by atoms with E-state index in [0.29, 0.717) is 17.1 Å². The molecule has 0 radical (unpaired) electrons. The molecule has 2 atom stereocenters. The van der Waals surface area contributed by atoms with E-state index in [1.54, 1.807) is 12.1 Å². The monoisotopic (exact) mass is 229 g/mol. The second-order valence-electron chi connectivity index (χ2n) is 4.15. The summed E-state index contributed by atoms with van der Waals surface area (Å²) < 4.78 is 13.6. The van der Waals surface area contributed by atoms with E-state index in [-0.39, 0.29) is 23.8 Å². The molecule has 0 amide bonds. The first-order chi connectivity index (χ1) is 7.13. The maximum atomic E-state index is 13.6. The Hall–Kier alpha value is -0.640. The van der Waals surface area contributed by atoms with Crippen molar-refractivity contribution in [3.05, 3.63) is 34.6 Å². The van der Waals surface area contributed by atoms with Gasteiger partial charge in [-0.1, -0.05) is 17.7 Å². The lowest BCUT2D eigenvalue weighted by molar-refractivity contribution is 0.211. The third-order valence-electron chi connectivity index (χ3n) is 3.25. The highest BCUT2D eigenvalue weighted by Gasteiger charge is 2.54. The first-order valence-corrected chi connectivity index (χ1v) is 5.26. The predicted octanol–water partition coefficient (Wildman–Crippen LogP) is 1.90. The fraction of sp³-hybridized carbons (Fsp3) is 0.455. The van der Waals surface area contributed by atoms with Gasteiger partial charge in [0.25, 0.3) is 0 Å². The summed E-state index contributed by atoms with van der Waals surface area (Å²) in [6, 6.07) is 4.64. The summed E-state index contributed by atoms with van der Waals surface area (Å²) >= 11 is 5.67. The number of nitrogens with two attached hydrogens (primary N) is 1. The third kappa shape index (κ3) is 1.75. The van der Waals surface area contributed by atoms with Crippen molar-refractivity contribution in [1.29, 1.82) is 0 Å². The third-order valence-corrected chi connectivity index (χ3v) is 3.48. The van der Waals surface area contributed by atoms with Crippen LogP contribution in [0, 0.1) is 11.2 Å². The molecule has 1 fully saturated rings. The zero-order valence-electron chi connectivity index (χ0n) is 8.21. The van der Waals surface area contributed by atoms with E-state index in [1.807, 2.05) is 0 Å². The van der Waals surface area contributed by atoms with E-state index in [4.69, 9.17) is 17.3 Å². The van der Waals surface area contributed by atoms with E-state index >= 15 is 0 Å². The van der Waals surface area contributed by atoms with Crippen molar-refractivity contribution < 1.29 is 9.50 Å². The average molecular weight is 230 g/mol. The van der Waals surface area contributed by atoms with Crippen LogP contribution in [0.2, 0.25) is 5.02 Å². The number of rotatable bonds is 3. The largest absolute Gasteiger partial charge is 0.396 e. The fourth-order valence-corrected chi connectivity index (χ4v) is 2.20. The lowest BCUT2D eigenvalue weighted by Crippen LogP contribution is -2.21. The number of aliphatic hydroxyl groups excluding tert-OH is 1. The summed E-state index contributed by atoms with van der Waals surface area (Å²) in [5.41, 5.74) is 5.88. The molecular weight excluding hydrogens is 217 g/mol. The van der Waals surface area contributed by atoms with E-state index in [0.717, 1.165) is 6.42 Å². The normalized spacial score (nSPS) is 29.2. The predicted molar refractivity (Wildman–Crippen MR) is 57.3 cm³/mol. The summed E-state index contributed by atoms with van der Waals surface area (Å²) in [5.74, 6) is -0.277. The Morgan fingerprint density at radius 3 is 2.80 bits per heavy atom. The zero-order valence-corrected chi connectivity index (χ0v) is 8.97. The van der Waals surface area contributed by atoms with Crippen LogP contribution in [-0.4, -0.2) is 18.3 Å². The Morgan fingerprint density at radius 1 is 1.60 bits per heavy atom. The molecular formula is C11H13ClFNO. The van der Waals surface area contributed by atoms with Crippen LogP contribution in [0.1, 0.15) is 17.9 Å². The smallest absolute Gasteiger partial charge is 0.128 e. The van der Waals surface area contributed by atoms with Crippen molar-refractivity contribution in [2.45, 2.75) is 12.3 Å². The van der Waals surface area contributed by atoms with Gasteiger partial charge in [-0.15, -0.1) is 0 Å². The SMILES string of the molecule is NCC1(CO)CC1c1ccc(Cl)cc1F. The first kappa shape index (κ1) is 10.9. The minimum Gasteiger partial charge on any atom is -0.396 e. The van der Waals surface area contributed by atoms with Crippen LogP contribution < -0.4 is 5.73 Å². The molecule has 2 nitrogen and oxygen atoms in total. The Labute approximate surface area is 92.9 Å². The number of hydrogen-bond donors (Lipinski definition) is 2. The maximum absolute atomic E-state index is 13.6. The second kappa shape index (κ2) is 3.74. The van der Waals surface area contributed by atoms with Gasteiger partial charge in [0.15, 0.2) is 0 Å². The Balaban J connectivity index is 2.26. The van der Waals surface area contributed by atoms with E-state index < -0.39 is 0 Å². The van der Waals surface area contributed by atoms with Gasteiger partial charge >= 0.3 is 0 Å². The van der Waals surface area contributed by atoms with Gasteiger partial charge in [0.1, 0.15) is 5.82 Å². The van der Waals surface area contributed by atoms with Crippen LogP contribution in [0.5, 0.6) is 0 Å². The summed E-state index contributed by atoms with van der Waals surface area (Å²) in [6.45, 7) is 0.395. The van der Waals surface area contributed by atoms with Crippen LogP contribution in [0.25, 0.3) is 0 Å². The molecule has 0 heterocycles. The second-order valence-corrected chi connectivity index (χ2v) is 4.58. The molecule has 15 heavy (non-hydrogen) atoms. The quantitative estimate of drug-likeness (QED) is 0.832. The van der Waals surface area contributed by atoms with Gasteiger partial charge in [0, 0.05) is 17.0 Å². The van der Waals surface area contributed by atoms with E-state index in [1.165, 1.54) is 6.07 Å². The van der Waals surface area contributed by atoms with Crippen molar-refractivity contribution in [2.75, 3.05) is 13.2 Å². The molecule has 0 aliphatic heterocycles. The fourth-order valence-electron chi connectivity index (χ4n) is 2.04. The van der Waals surface area contributed by atoms with Crippen molar-refractivity contribution in [3.8, 4) is 0 Å². The molecule has 0 aromatic heterocycles. The molecule has 2 rings (SSSR count). The summed E-state index contributed by atoms with van der Waals surface area (Å²) in [4.78, 5) is 0. The Morgan fingerprint density at radius 2 is 2.33 bits per heavy atom. The summed E-state index contributed by atoms with van der Waals surface area (Å²) in [7, 11) is 0. The molecule has 0 bridgehead atoms. The molecule has 2 unspecified atom stereocenters. The van der Waals surface area contributed by atoms with Crippen molar-refractivity contribution in [1.82, 2.24) is 0 Å². The topological polar surface area (TPSA) is 46.2 Å². The zero-order chi connectivity index (χ0) is 11.1. The molecule has 0 spiro atoms. The number of halogens is 2. The van der Waals surface area contributed by atoms with E-state index in [9.17, 15) is 9.50 Å². The molecule has 1 saturated carbocycles. The molecule has 3 N–H and O–H groups in total. The highest BCUT2D eigenvalue weighted by atomic mass is 35.5. The maximum Gasteiger partial charge on any atom is 0.128 e. The van der Waals surface area contributed by atoms with Crippen molar-refractivity contribution in [2.24, 2.45) is 11.1 Å². The van der Waals surface area contributed by atoms with Crippen LogP contribution in [0.4, 0.5) is 4.39 Å². The number of hydrogen-bond acceptors (Lipinski definition) is 2. The summed E-state index contributed by atoms with van der Waals surface area (Å²) in [6.07, 6.45) is 0.749. The molecule has 1 aliphatic rings. The van der Waals surface area contributed by atoms with Gasteiger partial charge in [0.05, 0.1) is 6.61 Å². The van der Waals surface area contributed by atoms with Crippen molar-refractivity contribution >= 4 is 11.6 Å². The van der Waals surface area contributed by atoms with E-state index in [2.05, 4.69) is 0 Å². The Bertz CT molecular complexity index is 379. The molecule has 1 aromatic rings. The lowest BCUT2D eigenvalue weighted by atomic mass is 10.00. The van der Waals surface area contributed by atoms with Crippen molar-refractivity contribution in [3.63, 3.8) is 0 Å². The standard InChI is InChI=1S/C11H13ClFNO/c12-7-1-2-8(10(13)3-7)9-4-11(9,5-14)6-15/h1-3,9,15H,4-6,14H2. The highest BCUT2D eigenvalue weighted by molar-refractivity contribution is 6.30. The van der Waals surface area contributed by atoms with Gasteiger partial charge < -0.3 is 10.8 Å². The molecule has 1 aliphatic carbocycles. The van der Waals surface area contributed by atoms with Gasteiger partial charge in [0.2, 0.25) is 0 Å². The summed E-state index contributed by atoms with van der Waals surface area (Å²) in [5, 5.41) is 9.59. The number of benzene rings is 1. The average Bonchev–Trinajstić information content (AvgIpc) is 2.93. The van der Waals surface area contributed by atoms with Crippen LogP contribution >= 0.6 is 11.6 Å². The van der Waals surface area contributed by atoms with Crippen LogP contribution in [0.3, 0.4) is 0 Å². The van der Waals surface area contributed by atoms with Gasteiger partial charge in [-0.3, -0.25) is 0 Å². The molecule has 82 valence electrons. The molecule has 0 saturated heterocycles.